The van der Waals surface area contributed by atoms with Crippen molar-refractivity contribution >= 4 is 32.3 Å². The van der Waals surface area contributed by atoms with Crippen LogP contribution in [0.3, 0.4) is 0 Å². The molecule has 0 fully saturated rings. The molecule has 140 valence electrons. The van der Waals surface area contributed by atoms with Crippen LogP contribution in [0.5, 0.6) is 5.75 Å². The van der Waals surface area contributed by atoms with Crippen molar-refractivity contribution in [3.05, 3.63) is 60.2 Å². The Balaban J connectivity index is 0.00000280. The summed E-state index contributed by atoms with van der Waals surface area (Å²) < 4.78 is 70.0. The summed E-state index contributed by atoms with van der Waals surface area (Å²) in [6, 6.07) is 10.2. The van der Waals surface area contributed by atoms with Gasteiger partial charge in [0.15, 0.2) is 0 Å². The van der Waals surface area contributed by atoms with Crippen molar-refractivity contribution in [2.45, 2.75) is 11.1 Å². The van der Waals surface area contributed by atoms with Gasteiger partial charge in [0.05, 0.1) is 21.8 Å². The molecule has 6 nitrogen and oxygen atoms in total. The minimum Gasteiger partial charge on any atom is -0.871 e. The number of hydrogen-bond donors (Lipinski definition) is 1. The number of rotatable bonds is 3. The fraction of sp³-hybridized carbons (Fsp3) is 0.0588. The summed E-state index contributed by atoms with van der Waals surface area (Å²) in [6.45, 7) is 0. The summed E-state index contributed by atoms with van der Waals surface area (Å²) in [5.74, 6) is -0.606. The molecule has 0 aliphatic rings. The standard InChI is InChI=1S/C17H11F3N2O4S.Na/c18-17(19,20)11-2-1-3-12(8-11)21-22-16-14-9-13(27(24,25)26)6-4-10(14)5-7-15(16)23;/h1-9,23H,(H,24,25,26);/q;+1/p-1. The summed E-state index contributed by atoms with van der Waals surface area (Å²) in [5.41, 5.74) is -1.31. The van der Waals surface area contributed by atoms with E-state index in [0.29, 0.717) is 5.39 Å². The normalized spacial score (nSPS) is 12.3. The number of alkyl halides is 3. The van der Waals surface area contributed by atoms with Crippen LogP contribution in [0.2, 0.25) is 0 Å². The van der Waals surface area contributed by atoms with Gasteiger partial charge in [0.1, 0.15) is 0 Å². The second-order valence-electron chi connectivity index (χ2n) is 5.52. The average molecular weight is 418 g/mol. The van der Waals surface area contributed by atoms with Gasteiger partial charge in [-0.15, -0.1) is 0 Å². The summed E-state index contributed by atoms with van der Waals surface area (Å²) >= 11 is 0. The van der Waals surface area contributed by atoms with Gasteiger partial charge in [-0.25, -0.2) is 0 Å². The van der Waals surface area contributed by atoms with Gasteiger partial charge >= 0.3 is 35.7 Å². The van der Waals surface area contributed by atoms with Gasteiger partial charge in [0.25, 0.3) is 10.1 Å². The van der Waals surface area contributed by atoms with Crippen LogP contribution in [0, 0.1) is 0 Å². The maximum atomic E-state index is 12.8. The predicted molar refractivity (Wildman–Crippen MR) is 88.8 cm³/mol. The molecule has 0 saturated carbocycles. The molecule has 0 amide bonds. The van der Waals surface area contributed by atoms with E-state index >= 15 is 0 Å². The molecule has 0 aliphatic heterocycles. The van der Waals surface area contributed by atoms with Crippen LogP contribution in [0.25, 0.3) is 10.8 Å². The van der Waals surface area contributed by atoms with Crippen molar-refractivity contribution in [3.63, 3.8) is 0 Å². The van der Waals surface area contributed by atoms with Crippen molar-refractivity contribution in [3.8, 4) is 5.75 Å². The molecule has 3 aromatic carbocycles. The molecule has 0 saturated heterocycles. The molecule has 11 heteroatoms. The van der Waals surface area contributed by atoms with Crippen LogP contribution in [-0.4, -0.2) is 13.0 Å². The fourth-order valence-corrected chi connectivity index (χ4v) is 2.89. The molecular weight excluding hydrogens is 408 g/mol. The Bertz CT molecular complexity index is 1160. The third-order valence-corrected chi connectivity index (χ3v) is 4.51. The zero-order chi connectivity index (χ0) is 19.8. The van der Waals surface area contributed by atoms with Gasteiger partial charge in [-0.1, -0.05) is 30.0 Å². The molecule has 0 bridgehead atoms. The molecule has 3 rings (SSSR count). The molecule has 0 heterocycles. The zero-order valence-corrected chi connectivity index (χ0v) is 17.1. The minimum atomic E-state index is -4.56. The largest absolute Gasteiger partial charge is 1.00 e. The van der Waals surface area contributed by atoms with Gasteiger partial charge < -0.3 is 5.11 Å². The number of benzene rings is 3. The molecule has 0 radical (unpaired) electrons. The molecule has 1 N–H and O–H groups in total. The van der Waals surface area contributed by atoms with E-state index in [2.05, 4.69) is 10.2 Å². The third-order valence-electron chi connectivity index (χ3n) is 3.66. The van der Waals surface area contributed by atoms with Crippen molar-refractivity contribution in [2.75, 3.05) is 0 Å². The van der Waals surface area contributed by atoms with E-state index < -0.39 is 32.5 Å². The van der Waals surface area contributed by atoms with Crippen molar-refractivity contribution in [1.82, 2.24) is 0 Å². The first-order chi connectivity index (χ1) is 12.6. The summed E-state index contributed by atoms with van der Waals surface area (Å²) in [4.78, 5) is -0.448. The molecular formula is C17H10F3N2NaO4S. The second kappa shape index (κ2) is 8.18. The van der Waals surface area contributed by atoms with Crippen LogP contribution < -0.4 is 34.7 Å². The van der Waals surface area contributed by atoms with E-state index in [4.69, 9.17) is 4.55 Å². The van der Waals surface area contributed by atoms with Crippen molar-refractivity contribution in [2.24, 2.45) is 10.2 Å². The number of fused-ring (bicyclic) bond motifs is 1. The zero-order valence-electron chi connectivity index (χ0n) is 14.3. The summed E-state index contributed by atoms with van der Waals surface area (Å²) in [7, 11) is -4.51. The summed E-state index contributed by atoms with van der Waals surface area (Å²) in [5, 5.41) is 20.0. The number of hydrogen-bond acceptors (Lipinski definition) is 5. The quantitative estimate of drug-likeness (QED) is 0.397. The predicted octanol–water partition coefficient (Wildman–Crippen LogP) is 1.60. The van der Waals surface area contributed by atoms with Gasteiger partial charge in [0, 0.05) is 5.39 Å². The van der Waals surface area contributed by atoms with E-state index in [9.17, 15) is 26.7 Å². The first-order valence-corrected chi connectivity index (χ1v) is 8.80. The van der Waals surface area contributed by atoms with E-state index in [1.165, 1.54) is 24.3 Å². The van der Waals surface area contributed by atoms with Crippen LogP contribution in [0.4, 0.5) is 24.5 Å². The first kappa shape index (κ1) is 22.3. The van der Waals surface area contributed by atoms with E-state index in [0.717, 1.165) is 30.3 Å². The Morgan fingerprint density at radius 1 is 0.964 bits per heavy atom. The molecule has 0 aliphatic carbocycles. The Morgan fingerprint density at radius 2 is 1.64 bits per heavy atom. The average Bonchev–Trinajstić information content (AvgIpc) is 2.59. The molecule has 0 spiro atoms. The smallest absolute Gasteiger partial charge is 0.871 e. The maximum Gasteiger partial charge on any atom is 1.00 e. The topological polar surface area (TPSA) is 102 Å². The third kappa shape index (κ3) is 4.89. The molecule has 3 aromatic rings. The number of nitrogens with zero attached hydrogens (tertiary/aromatic N) is 2. The van der Waals surface area contributed by atoms with Gasteiger partial charge in [-0.2, -0.15) is 31.8 Å². The maximum absolute atomic E-state index is 12.8. The molecule has 0 atom stereocenters. The van der Waals surface area contributed by atoms with Crippen LogP contribution in [0.15, 0.2) is 69.7 Å². The summed E-state index contributed by atoms with van der Waals surface area (Å²) in [6.07, 6.45) is -4.56. The number of azo groups is 1. The van der Waals surface area contributed by atoms with Gasteiger partial charge in [-0.05, 0) is 35.7 Å². The number of halogens is 3. The Hall–Kier alpha value is -1.98. The van der Waals surface area contributed by atoms with Gasteiger partial charge in [0.2, 0.25) is 0 Å². The second-order valence-corrected chi connectivity index (χ2v) is 6.94. The van der Waals surface area contributed by atoms with Crippen molar-refractivity contribution in [1.29, 1.82) is 0 Å². The van der Waals surface area contributed by atoms with E-state index in [-0.39, 0.29) is 46.3 Å². The fourth-order valence-electron chi connectivity index (χ4n) is 2.38. The Kier molecular flexibility index (Phi) is 6.51. The van der Waals surface area contributed by atoms with Crippen molar-refractivity contribution < 1.29 is 60.8 Å². The SMILES string of the molecule is O=S(=O)(O)c1ccc2ccc([O-])c(N=Nc3cccc(C(F)(F)F)c3)c2c1.[Na+]. The van der Waals surface area contributed by atoms with E-state index in [1.807, 2.05) is 0 Å². The Morgan fingerprint density at radius 3 is 2.29 bits per heavy atom. The molecule has 0 unspecified atom stereocenters. The monoisotopic (exact) mass is 418 g/mol. The van der Waals surface area contributed by atoms with Crippen LogP contribution in [0.1, 0.15) is 5.56 Å². The van der Waals surface area contributed by atoms with Gasteiger partial charge in [-0.3, -0.25) is 4.55 Å². The van der Waals surface area contributed by atoms with Crippen LogP contribution in [-0.2, 0) is 16.3 Å². The van der Waals surface area contributed by atoms with Crippen LogP contribution >= 0.6 is 0 Å². The first-order valence-electron chi connectivity index (χ1n) is 7.36. The minimum absolute atomic E-state index is 0. The molecule has 0 aromatic heterocycles. The molecule has 28 heavy (non-hydrogen) atoms. The van der Waals surface area contributed by atoms with E-state index in [1.54, 1.807) is 0 Å². The Labute approximate surface area is 179 Å².